The third kappa shape index (κ3) is 1.74. The Morgan fingerprint density at radius 3 is 2.86 bits per heavy atom. The summed E-state index contributed by atoms with van der Waals surface area (Å²) in [6.45, 7) is 5.06. The lowest BCUT2D eigenvalue weighted by atomic mass is 10.0. The van der Waals surface area contributed by atoms with Gasteiger partial charge in [-0.3, -0.25) is 4.79 Å². The van der Waals surface area contributed by atoms with E-state index in [9.17, 15) is 4.79 Å². The zero-order chi connectivity index (χ0) is 10.1. The van der Waals surface area contributed by atoms with Crippen LogP contribution in [0.15, 0.2) is 6.07 Å². The summed E-state index contributed by atoms with van der Waals surface area (Å²) in [7, 11) is 0. The third-order valence-electron chi connectivity index (χ3n) is 2.68. The van der Waals surface area contributed by atoms with Crippen molar-refractivity contribution in [2.45, 2.75) is 32.7 Å². The molecule has 0 saturated carbocycles. The van der Waals surface area contributed by atoms with Gasteiger partial charge in [0.05, 0.1) is 6.04 Å². The van der Waals surface area contributed by atoms with E-state index in [2.05, 4.69) is 12.2 Å². The largest absolute Gasteiger partial charge is 0.307 e. The fraction of sp³-hybridized carbons (Fsp3) is 0.545. The molecule has 1 atom stereocenters. The van der Waals surface area contributed by atoms with E-state index in [0.717, 1.165) is 29.8 Å². The van der Waals surface area contributed by atoms with E-state index in [0.29, 0.717) is 0 Å². The molecule has 1 fully saturated rings. The van der Waals surface area contributed by atoms with Crippen LogP contribution in [0.1, 0.15) is 33.0 Å². The molecule has 76 valence electrons. The summed E-state index contributed by atoms with van der Waals surface area (Å²) >= 11 is 1.71. The smallest absolute Gasteiger partial charge is 0.180 e. The highest BCUT2D eigenvalue weighted by Gasteiger charge is 2.24. The Balaban J connectivity index is 2.21. The van der Waals surface area contributed by atoms with Crippen LogP contribution in [0.4, 0.5) is 0 Å². The number of ketones is 1. The van der Waals surface area contributed by atoms with Crippen molar-refractivity contribution in [3.8, 4) is 0 Å². The minimum Gasteiger partial charge on any atom is -0.307 e. The van der Waals surface area contributed by atoms with Crippen molar-refractivity contribution in [1.82, 2.24) is 5.32 Å². The van der Waals surface area contributed by atoms with Crippen LogP contribution < -0.4 is 5.32 Å². The molecule has 2 rings (SSSR count). The average Bonchev–Trinajstić information content (AvgIpc) is 2.73. The minimum absolute atomic E-state index is 0.0719. The summed E-state index contributed by atoms with van der Waals surface area (Å²) < 4.78 is 0. The van der Waals surface area contributed by atoms with Crippen LogP contribution in [0.2, 0.25) is 0 Å². The van der Waals surface area contributed by atoms with Crippen LogP contribution in [-0.2, 0) is 0 Å². The molecule has 2 nitrogen and oxygen atoms in total. The van der Waals surface area contributed by atoms with Gasteiger partial charge in [-0.15, -0.1) is 11.3 Å². The van der Waals surface area contributed by atoms with Crippen molar-refractivity contribution in [1.29, 1.82) is 0 Å². The summed E-state index contributed by atoms with van der Waals surface area (Å²) in [6.07, 6.45) is 2.12. The molecular formula is C11H15NOS. The maximum atomic E-state index is 12.0. The summed E-state index contributed by atoms with van der Waals surface area (Å²) in [5.41, 5.74) is 0.923. The second-order valence-corrected chi connectivity index (χ2v) is 5.30. The van der Waals surface area contributed by atoms with E-state index < -0.39 is 0 Å². The Hall–Kier alpha value is -0.670. The summed E-state index contributed by atoms with van der Waals surface area (Å²) in [6, 6.07) is 2.09. The Morgan fingerprint density at radius 2 is 2.36 bits per heavy atom. The minimum atomic E-state index is 0.0719. The monoisotopic (exact) mass is 209 g/mol. The number of hydrogen-bond acceptors (Lipinski definition) is 3. The normalized spacial score (nSPS) is 21.4. The molecule has 0 aliphatic carbocycles. The fourth-order valence-corrected chi connectivity index (χ4v) is 2.90. The van der Waals surface area contributed by atoms with Crippen LogP contribution in [0.25, 0.3) is 0 Å². The highest BCUT2D eigenvalue weighted by molar-refractivity contribution is 7.12. The zero-order valence-corrected chi connectivity index (χ0v) is 9.41. The molecule has 0 aromatic carbocycles. The standard InChI is InChI=1S/C11H15NOS/c1-7-6-9(8(2)14-7)11(13)10-4-3-5-12-10/h6,10,12H,3-5H2,1-2H3. The molecule has 0 spiro atoms. The summed E-state index contributed by atoms with van der Waals surface area (Å²) in [4.78, 5) is 14.4. The molecule has 2 heterocycles. The molecule has 3 heteroatoms. The first-order valence-corrected chi connectivity index (χ1v) is 5.85. The quantitative estimate of drug-likeness (QED) is 0.757. The number of rotatable bonds is 2. The molecule has 1 aromatic rings. The average molecular weight is 209 g/mol. The number of carbonyl (C=O) groups is 1. The van der Waals surface area contributed by atoms with Gasteiger partial charge in [-0.25, -0.2) is 0 Å². The molecular weight excluding hydrogens is 194 g/mol. The Kier molecular flexibility index (Phi) is 2.70. The number of carbonyl (C=O) groups excluding carboxylic acids is 1. The Bertz CT molecular complexity index is 350. The SMILES string of the molecule is Cc1cc(C(=O)C2CCCN2)c(C)s1. The van der Waals surface area contributed by atoms with E-state index in [4.69, 9.17) is 0 Å². The highest BCUT2D eigenvalue weighted by Crippen LogP contribution is 2.23. The van der Waals surface area contributed by atoms with Crippen LogP contribution in [0.3, 0.4) is 0 Å². The molecule has 1 N–H and O–H groups in total. The van der Waals surface area contributed by atoms with Crippen molar-refractivity contribution >= 4 is 17.1 Å². The molecule has 14 heavy (non-hydrogen) atoms. The van der Waals surface area contributed by atoms with Gasteiger partial charge in [0, 0.05) is 15.3 Å². The number of aryl methyl sites for hydroxylation is 2. The van der Waals surface area contributed by atoms with E-state index in [-0.39, 0.29) is 11.8 Å². The van der Waals surface area contributed by atoms with Gasteiger partial charge in [-0.1, -0.05) is 0 Å². The maximum absolute atomic E-state index is 12.0. The summed E-state index contributed by atoms with van der Waals surface area (Å²) in [5, 5.41) is 3.25. The first-order valence-electron chi connectivity index (χ1n) is 5.03. The van der Waals surface area contributed by atoms with Gasteiger partial charge in [-0.2, -0.15) is 0 Å². The van der Waals surface area contributed by atoms with Gasteiger partial charge in [0.15, 0.2) is 5.78 Å². The molecule has 0 bridgehead atoms. The van der Waals surface area contributed by atoms with Crippen molar-refractivity contribution in [2.75, 3.05) is 6.54 Å². The van der Waals surface area contributed by atoms with Crippen molar-refractivity contribution in [3.05, 3.63) is 21.4 Å². The predicted molar refractivity (Wildman–Crippen MR) is 59.1 cm³/mol. The first kappa shape index (κ1) is 9.87. The molecule has 0 radical (unpaired) electrons. The Morgan fingerprint density at radius 1 is 1.57 bits per heavy atom. The van der Waals surface area contributed by atoms with E-state index in [1.54, 1.807) is 11.3 Å². The first-order chi connectivity index (χ1) is 6.68. The van der Waals surface area contributed by atoms with Gasteiger partial charge in [-0.05, 0) is 39.3 Å². The second-order valence-electron chi connectivity index (χ2n) is 3.84. The van der Waals surface area contributed by atoms with Gasteiger partial charge in [0.25, 0.3) is 0 Å². The lowest BCUT2D eigenvalue weighted by molar-refractivity contribution is 0.0952. The van der Waals surface area contributed by atoms with Gasteiger partial charge < -0.3 is 5.32 Å². The Labute approximate surface area is 88.3 Å². The number of hydrogen-bond donors (Lipinski definition) is 1. The van der Waals surface area contributed by atoms with Gasteiger partial charge in [0.1, 0.15) is 0 Å². The summed E-state index contributed by atoms with van der Waals surface area (Å²) in [5.74, 6) is 0.282. The van der Waals surface area contributed by atoms with Crippen LogP contribution in [-0.4, -0.2) is 18.4 Å². The molecule has 0 amide bonds. The van der Waals surface area contributed by atoms with Crippen molar-refractivity contribution in [3.63, 3.8) is 0 Å². The van der Waals surface area contributed by atoms with Crippen molar-refractivity contribution < 1.29 is 4.79 Å². The second kappa shape index (κ2) is 3.83. The number of thiophene rings is 1. The molecule has 1 saturated heterocycles. The number of nitrogens with one attached hydrogen (secondary N) is 1. The highest BCUT2D eigenvalue weighted by atomic mass is 32.1. The predicted octanol–water partition coefficient (Wildman–Crippen LogP) is 2.30. The number of Topliss-reactive ketones (excluding diaryl/α,β-unsaturated/α-hetero) is 1. The topological polar surface area (TPSA) is 29.1 Å². The zero-order valence-electron chi connectivity index (χ0n) is 8.59. The molecule has 1 aliphatic heterocycles. The van der Waals surface area contributed by atoms with E-state index in [1.807, 2.05) is 13.0 Å². The maximum Gasteiger partial charge on any atom is 0.180 e. The lowest BCUT2D eigenvalue weighted by Crippen LogP contribution is -2.30. The molecule has 1 aromatic heterocycles. The van der Waals surface area contributed by atoms with Crippen LogP contribution in [0, 0.1) is 13.8 Å². The van der Waals surface area contributed by atoms with E-state index >= 15 is 0 Å². The van der Waals surface area contributed by atoms with Crippen molar-refractivity contribution in [2.24, 2.45) is 0 Å². The third-order valence-corrected chi connectivity index (χ3v) is 3.65. The van der Waals surface area contributed by atoms with Gasteiger partial charge in [0.2, 0.25) is 0 Å². The van der Waals surface area contributed by atoms with Gasteiger partial charge >= 0.3 is 0 Å². The van der Waals surface area contributed by atoms with E-state index in [1.165, 1.54) is 4.88 Å². The van der Waals surface area contributed by atoms with Crippen LogP contribution >= 0.6 is 11.3 Å². The molecule has 1 aliphatic rings. The lowest BCUT2D eigenvalue weighted by Gasteiger charge is -2.07. The molecule has 1 unspecified atom stereocenters. The fourth-order valence-electron chi connectivity index (χ4n) is 1.97. The van der Waals surface area contributed by atoms with Crippen LogP contribution in [0.5, 0.6) is 0 Å².